The van der Waals surface area contributed by atoms with Crippen LogP contribution in [0.5, 0.6) is 0 Å². The number of benzene rings is 5. The van der Waals surface area contributed by atoms with E-state index in [1.807, 2.05) is 24.3 Å². The molecule has 0 radical (unpaired) electrons. The van der Waals surface area contributed by atoms with Crippen LogP contribution in [-0.2, 0) is 6.54 Å². The molecule has 6 rings (SSSR count). The van der Waals surface area contributed by atoms with Gasteiger partial charge in [-0.05, 0) is 50.9 Å². The first kappa shape index (κ1) is 20.0. The fourth-order valence-electron chi connectivity index (χ4n) is 4.83. The number of nitrogens with zero attached hydrogens (tertiary/aromatic N) is 2. The molecule has 2 nitrogen and oxygen atoms in total. The van der Waals surface area contributed by atoms with Gasteiger partial charge in [0.05, 0.1) is 11.6 Å². The number of para-hydroxylation sites is 1. The predicted octanol–water partition coefficient (Wildman–Crippen LogP) is 8.06. The zero-order valence-corrected chi connectivity index (χ0v) is 18.6. The first-order chi connectivity index (χ1) is 16.8. The average molecular weight is 435 g/mol. The van der Waals surface area contributed by atoms with Crippen LogP contribution in [0.25, 0.3) is 44.1 Å². The number of allylic oxidation sites excluding steroid dienone is 1. The molecule has 34 heavy (non-hydrogen) atoms. The zero-order valence-electron chi connectivity index (χ0n) is 18.6. The summed E-state index contributed by atoms with van der Waals surface area (Å²) in [6, 6.07) is 40.3. The molecule has 0 aliphatic heterocycles. The highest BCUT2D eigenvalue weighted by molar-refractivity contribution is 5.99. The van der Waals surface area contributed by atoms with Crippen molar-refractivity contribution in [1.82, 2.24) is 4.57 Å². The Kier molecular flexibility index (Phi) is 4.94. The van der Waals surface area contributed by atoms with Crippen LogP contribution >= 0.6 is 0 Å². The molecule has 0 unspecified atom stereocenters. The maximum absolute atomic E-state index is 10.0. The molecule has 1 aromatic heterocycles. The van der Waals surface area contributed by atoms with Crippen molar-refractivity contribution in [3.63, 3.8) is 0 Å². The quantitative estimate of drug-likeness (QED) is 0.258. The number of aromatic nitrogens is 1. The second-order valence-corrected chi connectivity index (χ2v) is 8.60. The zero-order chi connectivity index (χ0) is 22.9. The normalized spacial score (nSPS) is 11.8. The molecule has 160 valence electrons. The van der Waals surface area contributed by atoms with Crippen LogP contribution in [0.1, 0.15) is 16.7 Å². The first-order valence-electron chi connectivity index (χ1n) is 11.5. The smallest absolute Gasteiger partial charge is 0.0998 e. The highest BCUT2D eigenvalue weighted by atomic mass is 15.0. The summed E-state index contributed by atoms with van der Waals surface area (Å²) >= 11 is 0. The molecule has 2 heteroatoms. The minimum Gasteiger partial charge on any atom is -0.342 e. The first-order valence-corrected chi connectivity index (χ1v) is 11.5. The molecule has 1 heterocycles. The Labute approximate surface area is 198 Å². The molecule has 6 aromatic rings. The van der Waals surface area contributed by atoms with Gasteiger partial charge in [-0.2, -0.15) is 5.26 Å². The van der Waals surface area contributed by atoms with Gasteiger partial charge in [0.2, 0.25) is 0 Å². The minimum absolute atomic E-state index is 0.666. The Morgan fingerprint density at radius 2 is 1.41 bits per heavy atom. The van der Waals surface area contributed by atoms with Crippen LogP contribution in [0.15, 0.2) is 115 Å². The van der Waals surface area contributed by atoms with Crippen LogP contribution < -0.4 is 0 Å². The summed E-state index contributed by atoms with van der Waals surface area (Å²) in [5, 5.41) is 16.0. The van der Waals surface area contributed by atoms with Gasteiger partial charge in [0.1, 0.15) is 0 Å². The monoisotopic (exact) mass is 434 g/mol. The van der Waals surface area contributed by atoms with Crippen LogP contribution in [0.2, 0.25) is 0 Å². The van der Waals surface area contributed by atoms with Gasteiger partial charge in [-0.1, -0.05) is 97.1 Å². The van der Waals surface area contributed by atoms with E-state index in [-0.39, 0.29) is 0 Å². The van der Waals surface area contributed by atoms with Gasteiger partial charge in [-0.15, -0.1) is 0 Å². The Morgan fingerprint density at radius 1 is 0.706 bits per heavy atom. The van der Waals surface area contributed by atoms with Gasteiger partial charge in [-0.3, -0.25) is 0 Å². The average Bonchev–Trinajstić information content (AvgIpc) is 3.24. The van der Waals surface area contributed by atoms with E-state index in [0.29, 0.717) is 5.57 Å². The Balaban J connectivity index is 1.46. The van der Waals surface area contributed by atoms with E-state index in [1.54, 1.807) is 0 Å². The van der Waals surface area contributed by atoms with E-state index in [1.165, 1.54) is 21.7 Å². The third kappa shape index (κ3) is 3.54. The van der Waals surface area contributed by atoms with Gasteiger partial charge in [-0.25, -0.2) is 0 Å². The van der Waals surface area contributed by atoms with E-state index >= 15 is 0 Å². The number of hydrogen-bond donors (Lipinski definition) is 0. The lowest BCUT2D eigenvalue weighted by atomic mass is 10.00. The molecule has 0 saturated heterocycles. The lowest BCUT2D eigenvalue weighted by molar-refractivity contribution is 0.842. The summed E-state index contributed by atoms with van der Waals surface area (Å²) in [4.78, 5) is 0. The minimum atomic E-state index is 0.666. The van der Waals surface area contributed by atoms with Crippen molar-refractivity contribution in [3.8, 4) is 6.07 Å². The number of fused-ring (bicyclic) bond motifs is 3. The molecular weight excluding hydrogens is 412 g/mol. The van der Waals surface area contributed by atoms with Crippen molar-refractivity contribution in [3.05, 3.63) is 132 Å². The summed E-state index contributed by atoms with van der Waals surface area (Å²) in [6.07, 6.45) is 4.19. The van der Waals surface area contributed by atoms with Gasteiger partial charge in [0.25, 0.3) is 0 Å². The molecule has 0 atom stereocenters. The van der Waals surface area contributed by atoms with E-state index < -0.39 is 0 Å². The SMILES string of the molecule is N#C/C(=C/c1cn(Cc2cccc3ccccc23)c2ccccc12)c1ccc2ccccc2c1. The van der Waals surface area contributed by atoms with Gasteiger partial charge < -0.3 is 4.57 Å². The van der Waals surface area contributed by atoms with Gasteiger partial charge in [0, 0.05) is 29.2 Å². The van der Waals surface area contributed by atoms with E-state index in [2.05, 4.69) is 108 Å². The summed E-state index contributed by atoms with van der Waals surface area (Å²) in [7, 11) is 0. The predicted molar refractivity (Wildman–Crippen MR) is 142 cm³/mol. The van der Waals surface area contributed by atoms with Crippen molar-refractivity contribution < 1.29 is 0 Å². The largest absolute Gasteiger partial charge is 0.342 e. The van der Waals surface area contributed by atoms with Gasteiger partial charge >= 0.3 is 0 Å². The Hall–Kier alpha value is -4.61. The van der Waals surface area contributed by atoms with Gasteiger partial charge in [0.15, 0.2) is 0 Å². The Morgan fingerprint density at radius 3 is 2.26 bits per heavy atom. The van der Waals surface area contributed by atoms with E-state index in [0.717, 1.165) is 34.0 Å². The van der Waals surface area contributed by atoms with Crippen LogP contribution in [-0.4, -0.2) is 4.57 Å². The van der Waals surface area contributed by atoms with Crippen LogP contribution in [0.3, 0.4) is 0 Å². The Bertz CT molecular complexity index is 1740. The molecule has 0 bridgehead atoms. The van der Waals surface area contributed by atoms with Crippen molar-refractivity contribution >= 4 is 44.1 Å². The van der Waals surface area contributed by atoms with Crippen molar-refractivity contribution in [2.45, 2.75) is 6.54 Å². The summed E-state index contributed by atoms with van der Waals surface area (Å²) < 4.78 is 2.29. The molecule has 0 aliphatic rings. The van der Waals surface area contributed by atoms with Crippen molar-refractivity contribution in [1.29, 1.82) is 5.26 Å². The van der Waals surface area contributed by atoms with E-state index in [4.69, 9.17) is 0 Å². The second kappa shape index (κ2) is 8.39. The van der Waals surface area contributed by atoms with E-state index in [9.17, 15) is 5.26 Å². The molecule has 5 aromatic carbocycles. The topological polar surface area (TPSA) is 28.7 Å². The molecule has 0 fully saturated rings. The van der Waals surface area contributed by atoms with Crippen molar-refractivity contribution in [2.24, 2.45) is 0 Å². The number of hydrogen-bond acceptors (Lipinski definition) is 1. The second-order valence-electron chi connectivity index (χ2n) is 8.60. The third-order valence-electron chi connectivity index (χ3n) is 6.52. The highest BCUT2D eigenvalue weighted by Gasteiger charge is 2.11. The standard InChI is InChI=1S/C32H22N2/c33-20-28(26-17-16-23-8-1-2-10-25(23)18-26)19-29-22-34(32-15-6-5-14-31(29)32)21-27-12-7-11-24-9-3-4-13-30(24)27/h1-19,22H,21H2/b28-19-. The van der Waals surface area contributed by atoms with Crippen LogP contribution in [0, 0.1) is 11.3 Å². The maximum Gasteiger partial charge on any atom is 0.0998 e. The highest BCUT2D eigenvalue weighted by Crippen LogP contribution is 2.29. The van der Waals surface area contributed by atoms with Crippen molar-refractivity contribution in [2.75, 3.05) is 0 Å². The number of nitriles is 1. The third-order valence-corrected chi connectivity index (χ3v) is 6.52. The summed E-state index contributed by atoms with van der Waals surface area (Å²) in [5.74, 6) is 0. The fraction of sp³-hybridized carbons (Fsp3) is 0.0312. The fourth-order valence-corrected chi connectivity index (χ4v) is 4.83. The maximum atomic E-state index is 10.0. The molecule has 0 amide bonds. The summed E-state index contributed by atoms with van der Waals surface area (Å²) in [6.45, 7) is 0.771. The lowest BCUT2D eigenvalue weighted by Gasteiger charge is -2.09. The van der Waals surface area contributed by atoms with Crippen LogP contribution in [0.4, 0.5) is 0 Å². The number of rotatable bonds is 4. The molecule has 0 saturated carbocycles. The summed E-state index contributed by atoms with van der Waals surface area (Å²) in [5.41, 5.74) is 5.10. The molecule has 0 spiro atoms. The molecular formula is C32H22N2. The molecule has 0 aliphatic carbocycles. The molecule has 0 N–H and O–H groups in total. The lowest BCUT2D eigenvalue weighted by Crippen LogP contribution is -1.98.